The number of aromatic carboxylic acids is 1. The summed E-state index contributed by atoms with van der Waals surface area (Å²) >= 11 is 11.4. The van der Waals surface area contributed by atoms with E-state index in [0.29, 0.717) is 11.6 Å². The smallest absolute Gasteiger partial charge is 0.335 e. The number of rotatable bonds is 3. The Morgan fingerprint density at radius 3 is 2.82 bits per heavy atom. The van der Waals surface area contributed by atoms with E-state index in [1.807, 2.05) is 16.8 Å². The third-order valence-corrected chi connectivity index (χ3v) is 3.06. The van der Waals surface area contributed by atoms with Crippen LogP contribution in [0.2, 0.25) is 0 Å². The van der Waals surface area contributed by atoms with Crippen molar-refractivity contribution >= 4 is 40.1 Å². The monoisotopic (exact) mass is 269 g/mol. The van der Waals surface area contributed by atoms with Crippen molar-refractivity contribution in [2.24, 2.45) is 0 Å². The number of fused-ring (bicyclic) bond motifs is 1. The number of carboxylic acids is 1. The molecule has 0 radical (unpaired) electrons. The number of hydrogen-bond acceptors (Lipinski definition) is 1. The second kappa shape index (κ2) is 4.82. The molecule has 0 aliphatic heterocycles. The van der Waals surface area contributed by atoms with Crippen LogP contribution in [0.1, 0.15) is 10.4 Å². The molecule has 2 rings (SSSR count). The first-order chi connectivity index (χ1) is 8.11. The number of halogens is 2. The van der Waals surface area contributed by atoms with Crippen LogP contribution < -0.4 is 0 Å². The molecule has 3 nitrogen and oxygen atoms in total. The average Bonchev–Trinajstić information content (AvgIpc) is 2.71. The van der Waals surface area contributed by atoms with Crippen molar-refractivity contribution in [2.75, 3.05) is 0 Å². The maximum atomic E-state index is 10.8. The Balaban J connectivity index is 2.45. The summed E-state index contributed by atoms with van der Waals surface area (Å²) < 4.78 is 1.90. The van der Waals surface area contributed by atoms with Crippen molar-refractivity contribution in [3.05, 3.63) is 46.6 Å². The SMILES string of the molecule is O=C(O)c1ccc2c(ccn2CC(Cl)=CCl)c1. The molecule has 1 aromatic heterocycles. The van der Waals surface area contributed by atoms with Gasteiger partial charge in [0.15, 0.2) is 0 Å². The van der Waals surface area contributed by atoms with Crippen LogP contribution in [-0.4, -0.2) is 15.6 Å². The van der Waals surface area contributed by atoms with Gasteiger partial charge in [-0.25, -0.2) is 4.79 Å². The summed E-state index contributed by atoms with van der Waals surface area (Å²) in [5.41, 5.74) is 2.51. The molecule has 17 heavy (non-hydrogen) atoms. The summed E-state index contributed by atoms with van der Waals surface area (Å²) in [7, 11) is 0. The van der Waals surface area contributed by atoms with E-state index in [0.717, 1.165) is 10.9 Å². The van der Waals surface area contributed by atoms with Crippen LogP contribution in [0.4, 0.5) is 0 Å². The Kier molecular flexibility index (Phi) is 3.41. The fourth-order valence-corrected chi connectivity index (χ4v) is 1.87. The second-order valence-corrected chi connectivity index (χ2v) is 4.28. The Morgan fingerprint density at radius 1 is 1.41 bits per heavy atom. The standard InChI is InChI=1S/C12H9Cl2NO2/c13-6-10(14)7-15-4-3-8-5-9(12(16)17)1-2-11(8)15/h1-6H,7H2,(H,16,17). The highest BCUT2D eigenvalue weighted by Crippen LogP contribution is 2.20. The average molecular weight is 270 g/mol. The second-order valence-electron chi connectivity index (χ2n) is 3.58. The van der Waals surface area contributed by atoms with Gasteiger partial charge in [0.05, 0.1) is 12.1 Å². The van der Waals surface area contributed by atoms with E-state index in [2.05, 4.69) is 0 Å². The van der Waals surface area contributed by atoms with E-state index >= 15 is 0 Å². The van der Waals surface area contributed by atoms with Crippen LogP contribution in [0.25, 0.3) is 10.9 Å². The number of benzene rings is 1. The molecule has 0 saturated carbocycles. The van der Waals surface area contributed by atoms with Crippen LogP contribution >= 0.6 is 23.2 Å². The summed E-state index contributed by atoms with van der Waals surface area (Å²) in [4.78, 5) is 10.8. The lowest BCUT2D eigenvalue weighted by atomic mass is 10.1. The van der Waals surface area contributed by atoms with Gasteiger partial charge in [-0.1, -0.05) is 23.2 Å². The number of allylic oxidation sites excluding steroid dienone is 1. The van der Waals surface area contributed by atoms with Gasteiger partial charge in [-0.3, -0.25) is 0 Å². The van der Waals surface area contributed by atoms with E-state index in [4.69, 9.17) is 28.3 Å². The number of carboxylic acid groups (broad SMARTS) is 1. The number of nitrogens with zero attached hydrogens (tertiary/aromatic N) is 1. The van der Waals surface area contributed by atoms with Crippen LogP contribution in [0.15, 0.2) is 41.0 Å². The lowest BCUT2D eigenvalue weighted by molar-refractivity contribution is 0.0697. The molecule has 0 bridgehead atoms. The fraction of sp³-hybridized carbons (Fsp3) is 0.0833. The van der Waals surface area contributed by atoms with E-state index in [-0.39, 0.29) is 5.56 Å². The predicted octanol–water partition coefficient (Wildman–Crippen LogP) is 3.66. The van der Waals surface area contributed by atoms with E-state index in [1.54, 1.807) is 18.2 Å². The third kappa shape index (κ3) is 2.46. The molecule has 0 fully saturated rings. The predicted molar refractivity (Wildman–Crippen MR) is 68.7 cm³/mol. The topological polar surface area (TPSA) is 42.2 Å². The van der Waals surface area contributed by atoms with E-state index in [9.17, 15) is 4.79 Å². The van der Waals surface area contributed by atoms with Crippen molar-refractivity contribution in [1.82, 2.24) is 4.57 Å². The molecule has 0 spiro atoms. The molecule has 0 amide bonds. The van der Waals surface area contributed by atoms with Gasteiger partial charge in [0.2, 0.25) is 0 Å². The number of hydrogen-bond donors (Lipinski definition) is 1. The lowest BCUT2D eigenvalue weighted by Gasteiger charge is -2.04. The van der Waals surface area contributed by atoms with Gasteiger partial charge in [0.25, 0.3) is 0 Å². The summed E-state index contributed by atoms with van der Waals surface area (Å²) in [6.45, 7) is 0.473. The van der Waals surface area contributed by atoms with Gasteiger partial charge < -0.3 is 9.67 Å². The summed E-state index contributed by atoms with van der Waals surface area (Å²) in [6.07, 6.45) is 1.85. The highest BCUT2D eigenvalue weighted by Gasteiger charge is 2.06. The molecule has 1 heterocycles. The van der Waals surface area contributed by atoms with Crippen LogP contribution in [0.3, 0.4) is 0 Å². The van der Waals surface area contributed by atoms with E-state index < -0.39 is 5.97 Å². The Hall–Kier alpha value is -1.45. The first kappa shape index (κ1) is 12.0. The minimum atomic E-state index is -0.932. The molecular formula is C12H9Cl2NO2. The first-order valence-corrected chi connectivity index (χ1v) is 5.70. The third-order valence-electron chi connectivity index (χ3n) is 2.46. The molecule has 0 unspecified atom stereocenters. The molecule has 0 saturated heterocycles. The number of aromatic nitrogens is 1. The quantitative estimate of drug-likeness (QED) is 0.924. The van der Waals surface area contributed by atoms with Crippen molar-refractivity contribution < 1.29 is 9.90 Å². The zero-order valence-electron chi connectivity index (χ0n) is 8.73. The fourth-order valence-electron chi connectivity index (χ4n) is 1.67. The number of carbonyl (C=O) groups is 1. The molecule has 0 aliphatic carbocycles. The highest BCUT2D eigenvalue weighted by atomic mass is 35.5. The molecule has 1 N–H and O–H groups in total. The molecule has 1 aromatic carbocycles. The van der Waals surface area contributed by atoms with Gasteiger partial charge in [-0.15, -0.1) is 0 Å². The van der Waals surface area contributed by atoms with Gasteiger partial charge in [0.1, 0.15) is 0 Å². The molecule has 0 aliphatic rings. The normalized spacial score (nSPS) is 12.0. The van der Waals surface area contributed by atoms with Gasteiger partial charge in [-0.2, -0.15) is 0 Å². The lowest BCUT2D eigenvalue weighted by Crippen LogP contribution is -1.97. The molecule has 2 aromatic rings. The van der Waals surface area contributed by atoms with Gasteiger partial charge in [0, 0.05) is 27.7 Å². The maximum absolute atomic E-state index is 10.8. The summed E-state index contributed by atoms with van der Waals surface area (Å²) in [6, 6.07) is 6.81. The minimum absolute atomic E-state index is 0.272. The van der Waals surface area contributed by atoms with Crippen LogP contribution in [0.5, 0.6) is 0 Å². The Labute approximate surface area is 108 Å². The molecule has 5 heteroatoms. The maximum Gasteiger partial charge on any atom is 0.335 e. The van der Waals surface area contributed by atoms with Crippen molar-refractivity contribution in [1.29, 1.82) is 0 Å². The molecule has 88 valence electrons. The summed E-state index contributed by atoms with van der Waals surface area (Å²) in [5, 5.41) is 10.3. The summed E-state index contributed by atoms with van der Waals surface area (Å²) in [5.74, 6) is -0.932. The molecular weight excluding hydrogens is 261 g/mol. The first-order valence-electron chi connectivity index (χ1n) is 4.89. The van der Waals surface area contributed by atoms with Crippen LogP contribution in [0, 0.1) is 0 Å². The zero-order valence-corrected chi connectivity index (χ0v) is 10.2. The van der Waals surface area contributed by atoms with Crippen LogP contribution in [-0.2, 0) is 6.54 Å². The van der Waals surface area contributed by atoms with Crippen molar-refractivity contribution in [3.63, 3.8) is 0 Å². The van der Waals surface area contributed by atoms with Crippen molar-refractivity contribution in [2.45, 2.75) is 6.54 Å². The Bertz CT molecular complexity index is 602. The largest absolute Gasteiger partial charge is 0.478 e. The van der Waals surface area contributed by atoms with Crippen molar-refractivity contribution in [3.8, 4) is 0 Å². The van der Waals surface area contributed by atoms with Gasteiger partial charge in [-0.05, 0) is 24.3 Å². The van der Waals surface area contributed by atoms with Gasteiger partial charge >= 0.3 is 5.97 Å². The zero-order chi connectivity index (χ0) is 12.4. The van der Waals surface area contributed by atoms with E-state index in [1.165, 1.54) is 5.54 Å². The molecule has 0 atom stereocenters. The Morgan fingerprint density at radius 2 is 2.18 bits per heavy atom. The minimum Gasteiger partial charge on any atom is -0.478 e. The highest BCUT2D eigenvalue weighted by molar-refractivity contribution is 6.36.